The summed E-state index contributed by atoms with van der Waals surface area (Å²) in [5.41, 5.74) is 0.839. The molecule has 19 heavy (non-hydrogen) atoms. The number of aromatic nitrogens is 4. The second-order valence-electron chi connectivity index (χ2n) is 3.82. The van der Waals surface area contributed by atoms with Gasteiger partial charge in [-0.25, -0.2) is 0 Å². The van der Waals surface area contributed by atoms with E-state index >= 15 is 0 Å². The first kappa shape index (κ1) is 13.0. The number of methoxy groups -OCH3 is 1. The summed E-state index contributed by atoms with van der Waals surface area (Å²) in [7, 11) is 1.36. The Labute approximate surface area is 110 Å². The minimum atomic E-state index is -0.329. The summed E-state index contributed by atoms with van der Waals surface area (Å²) in [5.74, 6) is 0.184. The molecule has 100 valence electrons. The Bertz CT molecular complexity index is 540. The van der Waals surface area contributed by atoms with Gasteiger partial charge in [-0.2, -0.15) is 4.68 Å². The fraction of sp³-hybridized carbons (Fsp3) is 0.333. The topological polar surface area (TPSA) is 73.1 Å². The van der Waals surface area contributed by atoms with Gasteiger partial charge >= 0.3 is 5.97 Å². The highest BCUT2D eigenvalue weighted by Crippen LogP contribution is 2.14. The average Bonchev–Trinajstić information content (AvgIpc) is 2.94. The summed E-state index contributed by atoms with van der Waals surface area (Å²) >= 11 is 0. The Morgan fingerprint density at radius 1 is 1.37 bits per heavy atom. The number of hydrogen-bond donors (Lipinski definition) is 0. The number of ether oxygens (including phenoxy) is 1. The van der Waals surface area contributed by atoms with E-state index in [0.717, 1.165) is 5.69 Å². The number of likely N-dealkylation sites (N-methyl/N-ethyl adjacent to an activating group) is 1. The Kier molecular flexibility index (Phi) is 4.07. The zero-order chi connectivity index (χ0) is 13.7. The van der Waals surface area contributed by atoms with E-state index in [-0.39, 0.29) is 12.5 Å². The number of rotatable bonds is 5. The number of carbonyl (C=O) groups is 1. The van der Waals surface area contributed by atoms with Crippen molar-refractivity contribution in [2.24, 2.45) is 0 Å². The van der Waals surface area contributed by atoms with E-state index < -0.39 is 0 Å². The molecule has 0 atom stereocenters. The average molecular weight is 261 g/mol. The van der Waals surface area contributed by atoms with Gasteiger partial charge in [-0.05, 0) is 29.5 Å². The van der Waals surface area contributed by atoms with Crippen molar-refractivity contribution in [2.75, 3.05) is 25.1 Å². The fourth-order valence-corrected chi connectivity index (χ4v) is 1.66. The van der Waals surface area contributed by atoms with Crippen LogP contribution in [0.3, 0.4) is 0 Å². The molecule has 0 aliphatic rings. The van der Waals surface area contributed by atoms with Gasteiger partial charge in [-0.3, -0.25) is 4.79 Å². The molecule has 0 spiro atoms. The van der Waals surface area contributed by atoms with Crippen molar-refractivity contribution in [3.8, 4) is 5.69 Å². The maximum Gasteiger partial charge on any atom is 0.325 e. The lowest BCUT2D eigenvalue weighted by Gasteiger charge is -2.19. The largest absolute Gasteiger partial charge is 0.468 e. The number of anilines is 1. The molecule has 0 bridgehead atoms. The van der Waals surface area contributed by atoms with Gasteiger partial charge < -0.3 is 9.64 Å². The summed E-state index contributed by atoms with van der Waals surface area (Å²) in [5, 5.41) is 11.6. The smallest absolute Gasteiger partial charge is 0.325 e. The molecule has 7 heteroatoms. The normalized spacial score (nSPS) is 10.2. The molecule has 1 heterocycles. The van der Waals surface area contributed by atoms with Crippen LogP contribution in [0.15, 0.2) is 30.3 Å². The highest BCUT2D eigenvalue weighted by Gasteiger charge is 2.17. The van der Waals surface area contributed by atoms with Crippen molar-refractivity contribution in [2.45, 2.75) is 6.92 Å². The Hall–Kier alpha value is -2.44. The van der Waals surface area contributed by atoms with Gasteiger partial charge in [0.15, 0.2) is 0 Å². The van der Waals surface area contributed by atoms with Crippen LogP contribution < -0.4 is 4.90 Å². The van der Waals surface area contributed by atoms with Crippen LogP contribution in [-0.4, -0.2) is 46.4 Å². The van der Waals surface area contributed by atoms with Gasteiger partial charge in [-0.1, -0.05) is 23.3 Å². The van der Waals surface area contributed by atoms with Gasteiger partial charge in [-0.15, -0.1) is 0 Å². The van der Waals surface area contributed by atoms with E-state index in [1.54, 1.807) is 9.58 Å². The summed E-state index contributed by atoms with van der Waals surface area (Å²) in [6.07, 6.45) is 0. The highest BCUT2D eigenvalue weighted by atomic mass is 16.5. The number of hydrogen-bond acceptors (Lipinski definition) is 6. The second-order valence-corrected chi connectivity index (χ2v) is 3.82. The second kappa shape index (κ2) is 5.94. The number of carbonyl (C=O) groups excluding carboxylic acids is 1. The van der Waals surface area contributed by atoms with E-state index in [1.165, 1.54) is 7.11 Å². The van der Waals surface area contributed by atoms with Crippen LogP contribution in [0.1, 0.15) is 6.92 Å². The molecule has 0 saturated carbocycles. The van der Waals surface area contributed by atoms with E-state index in [1.807, 2.05) is 37.3 Å². The first-order valence-corrected chi connectivity index (χ1v) is 5.91. The molecule has 0 aliphatic heterocycles. The van der Waals surface area contributed by atoms with Crippen LogP contribution in [0.5, 0.6) is 0 Å². The third-order valence-electron chi connectivity index (χ3n) is 2.67. The third-order valence-corrected chi connectivity index (χ3v) is 2.67. The Morgan fingerprint density at radius 3 is 2.74 bits per heavy atom. The SMILES string of the molecule is CCN(CC(=O)OC)c1nnnn1-c1ccccc1. The molecule has 0 aliphatic carbocycles. The van der Waals surface area contributed by atoms with Crippen molar-refractivity contribution < 1.29 is 9.53 Å². The summed E-state index contributed by atoms with van der Waals surface area (Å²) in [6.45, 7) is 2.63. The maximum atomic E-state index is 11.4. The van der Waals surface area contributed by atoms with Crippen molar-refractivity contribution in [3.63, 3.8) is 0 Å². The fourth-order valence-electron chi connectivity index (χ4n) is 1.66. The minimum Gasteiger partial charge on any atom is -0.468 e. The molecular formula is C12H15N5O2. The van der Waals surface area contributed by atoms with Crippen molar-refractivity contribution >= 4 is 11.9 Å². The predicted octanol–water partition coefficient (Wildman–Crippen LogP) is 0.662. The van der Waals surface area contributed by atoms with Crippen molar-refractivity contribution in [1.82, 2.24) is 20.2 Å². The van der Waals surface area contributed by atoms with Gasteiger partial charge in [0.25, 0.3) is 5.95 Å². The first-order chi connectivity index (χ1) is 9.26. The zero-order valence-electron chi connectivity index (χ0n) is 10.9. The lowest BCUT2D eigenvalue weighted by Crippen LogP contribution is -2.32. The van der Waals surface area contributed by atoms with Crippen LogP contribution in [0.4, 0.5) is 5.95 Å². The van der Waals surface area contributed by atoms with Gasteiger partial charge in [0.1, 0.15) is 6.54 Å². The van der Waals surface area contributed by atoms with Crippen LogP contribution in [0.25, 0.3) is 5.69 Å². The molecule has 1 aromatic carbocycles. The molecule has 7 nitrogen and oxygen atoms in total. The van der Waals surface area contributed by atoms with Crippen molar-refractivity contribution in [1.29, 1.82) is 0 Å². The molecule has 0 fully saturated rings. The van der Waals surface area contributed by atoms with Crippen LogP contribution in [-0.2, 0) is 9.53 Å². The molecule has 0 N–H and O–H groups in total. The quantitative estimate of drug-likeness (QED) is 0.736. The van der Waals surface area contributed by atoms with Crippen LogP contribution in [0, 0.1) is 0 Å². The molecule has 2 rings (SSSR count). The molecule has 0 unspecified atom stereocenters. The molecular weight excluding hydrogens is 246 g/mol. The maximum absolute atomic E-state index is 11.4. The van der Waals surface area contributed by atoms with Crippen molar-refractivity contribution in [3.05, 3.63) is 30.3 Å². The van der Waals surface area contributed by atoms with E-state index in [4.69, 9.17) is 0 Å². The zero-order valence-corrected chi connectivity index (χ0v) is 10.9. The summed E-state index contributed by atoms with van der Waals surface area (Å²) in [6, 6.07) is 9.51. The lowest BCUT2D eigenvalue weighted by molar-refractivity contribution is -0.138. The number of benzene rings is 1. The highest BCUT2D eigenvalue weighted by molar-refractivity contribution is 5.74. The summed E-state index contributed by atoms with van der Waals surface area (Å²) in [4.78, 5) is 13.1. The predicted molar refractivity (Wildman–Crippen MR) is 69.1 cm³/mol. The van der Waals surface area contributed by atoms with E-state index in [9.17, 15) is 4.79 Å². The van der Waals surface area contributed by atoms with Crippen LogP contribution in [0.2, 0.25) is 0 Å². The van der Waals surface area contributed by atoms with Crippen LogP contribution >= 0.6 is 0 Å². The lowest BCUT2D eigenvalue weighted by atomic mass is 10.3. The Balaban J connectivity index is 2.30. The number of esters is 1. The number of nitrogens with zero attached hydrogens (tertiary/aromatic N) is 5. The Morgan fingerprint density at radius 2 is 2.11 bits per heavy atom. The monoisotopic (exact) mass is 261 g/mol. The number of tetrazole rings is 1. The van der Waals surface area contributed by atoms with Gasteiger partial charge in [0.05, 0.1) is 12.8 Å². The minimum absolute atomic E-state index is 0.111. The molecule has 0 radical (unpaired) electrons. The molecule has 0 amide bonds. The van der Waals surface area contributed by atoms with Gasteiger partial charge in [0.2, 0.25) is 0 Å². The summed E-state index contributed by atoms with van der Waals surface area (Å²) < 4.78 is 6.26. The van der Waals surface area contributed by atoms with E-state index in [0.29, 0.717) is 12.5 Å². The first-order valence-electron chi connectivity index (χ1n) is 5.91. The third kappa shape index (κ3) is 2.87. The van der Waals surface area contributed by atoms with E-state index in [2.05, 4.69) is 20.3 Å². The standard InChI is InChI=1S/C12H15N5O2/c1-3-16(9-11(18)19-2)12-13-14-15-17(12)10-7-5-4-6-8-10/h4-8H,3,9H2,1-2H3. The molecule has 1 aromatic heterocycles. The number of para-hydroxylation sites is 1. The van der Waals surface area contributed by atoms with Gasteiger partial charge in [0, 0.05) is 6.54 Å². The molecule has 0 saturated heterocycles. The molecule has 2 aromatic rings.